The van der Waals surface area contributed by atoms with Gasteiger partial charge >= 0.3 is 0 Å². The minimum Gasteiger partial charge on any atom is -0.356 e. The molecule has 2 aromatic heterocycles. The lowest BCUT2D eigenvalue weighted by Crippen LogP contribution is -2.12. The van der Waals surface area contributed by atoms with Crippen molar-refractivity contribution < 1.29 is 9.59 Å². The van der Waals surface area contributed by atoms with Crippen LogP contribution in [0.3, 0.4) is 0 Å². The third kappa shape index (κ3) is 1.46. The molecular weight excluding hydrogens is 206 g/mol. The lowest BCUT2D eigenvalue weighted by atomic mass is 10.1. The Morgan fingerprint density at radius 1 is 1.50 bits per heavy atom. The highest BCUT2D eigenvalue weighted by atomic mass is 16.2. The molecule has 0 aliphatic heterocycles. The number of aryl methyl sites for hydroxylation is 1. The zero-order valence-corrected chi connectivity index (χ0v) is 9.02. The van der Waals surface area contributed by atoms with Gasteiger partial charge in [-0.3, -0.25) is 14.2 Å². The summed E-state index contributed by atoms with van der Waals surface area (Å²) in [5, 5.41) is 0. The molecule has 0 atom stereocenters. The topological polar surface area (TPSA) is 67.8 Å². The highest BCUT2D eigenvalue weighted by Crippen LogP contribution is 2.17. The normalized spacial score (nSPS) is 10.4. The molecule has 0 unspecified atom stereocenters. The number of carbonyl (C=O) groups excluding carboxylic acids is 2. The van der Waals surface area contributed by atoms with Crippen molar-refractivity contribution in [3.63, 3.8) is 0 Å². The largest absolute Gasteiger partial charge is 0.356 e. The molecule has 0 saturated carbocycles. The maximum absolute atomic E-state index is 12.1. The van der Waals surface area contributed by atoms with Gasteiger partial charge in [-0.1, -0.05) is 0 Å². The number of hydrogen-bond acceptors (Lipinski definition) is 3. The Balaban J connectivity index is 2.56. The summed E-state index contributed by atoms with van der Waals surface area (Å²) in [5.41, 5.74) is 2.34. The molecule has 0 aliphatic rings. The fourth-order valence-electron chi connectivity index (χ4n) is 1.62. The van der Waals surface area contributed by atoms with E-state index in [-0.39, 0.29) is 5.91 Å². The summed E-state index contributed by atoms with van der Waals surface area (Å²) in [4.78, 5) is 29.6. The summed E-state index contributed by atoms with van der Waals surface area (Å²) in [5.74, 6) is -0.249. The Morgan fingerprint density at radius 3 is 2.81 bits per heavy atom. The Kier molecular flexibility index (Phi) is 2.44. The first-order chi connectivity index (χ1) is 7.65. The average Bonchev–Trinajstić information content (AvgIpc) is 2.88. The Hall–Kier alpha value is -2.17. The first-order valence-corrected chi connectivity index (χ1v) is 4.82. The maximum Gasteiger partial charge on any atom is 0.265 e. The van der Waals surface area contributed by atoms with E-state index < -0.39 is 0 Å². The summed E-state index contributed by atoms with van der Waals surface area (Å²) in [6.45, 7) is 3.63. The van der Waals surface area contributed by atoms with Crippen LogP contribution in [0.5, 0.6) is 0 Å². The molecular formula is C11H11N3O2. The van der Waals surface area contributed by atoms with Crippen molar-refractivity contribution in [1.29, 1.82) is 0 Å². The van der Waals surface area contributed by atoms with Crippen molar-refractivity contribution in [1.82, 2.24) is 14.5 Å². The van der Waals surface area contributed by atoms with Crippen LogP contribution in [0, 0.1) is 13.8 Å². The monoisotopic (exact) mass is 217 g/mol. The van der Waals surface area contributed by atoms with Gasteiger partial charge in [-0.15, -0.1) is 0 Å². The summed E-state index contributed by atoms with van der Waals surface area (Å²) < 4.78 is 1.35. The number of H-pyrrole nitrogens is 1. The van der Waals surface area contributed by atoms with E-state index in [1.807, 2.05) is 13.8 Å². The molecule has 0 fully saturated rings. The number of aromatic amines is 1. The van der Waals surface area contributed by atoms with Gasteiger partial charge in [0.2, 0.25) is 0 Å². The maximum atomic E-state index is 12.1. The van der Waals surface area contributed by atoms with Gasteiger partial charge in [0, 0.05) is 18.1 Å². The average molecular weight is 217 g/mol. The van der Waals surface area contributed by atoms with E-state index in [9.17, 15) is 9.59 Å². The summed E-state index contributed by atoms with van der Waals surface area (Å²) in [6.07, 6.45) is 5.15. The van der Waals surface area contributed by atoms with Crippen LogP contribution in [0.2, 0.25) is 0 Å². The number of rotatable bonds is 2. The summed E-state index contributed by atoms with van der Waals surface area (Å²) in [7, 11) is 0. The van der Waals surface area contributed by atoms with Crippen LogP contribution in [-0.4, -0.2) is 26.7 Å². The second-order valence-corrected chi connectivity index (χ2v) is 3.56. The van der Waals surface area contributed by atoms with E-state index in [1.165, 1.54) is 17.1 Å². The van der Waals surface area contributed by atoms with Crippen molar-refractivity contribution in [2.45, 2.75) is 13.8 Å². The van der Waals surface area contributed by atoms with Gasteiger partial charge in [0.1, 0.15) is 6.33 Å². The highest BCUT2D eigenvalue weighted by Gasteiger charge is 2.19. The van der Waals surface area contributed by atoms with Crippen molar-refractivity contribution in [2.75, 3.05) is 0 Å². The lowest BCUT2D eigenvalue weighted by molar-refractivity contribution is 0.0953. The Labute approximate surface area is 92.1 Å². The molecule has 0 aliphatic carbocycles. The van der Waals surface area contributed by atoms with Crippen LogP contribution >= 0.6 is 0 Å². The molecule has 0 bridgehead atoms. The van der Waals surface area contributed by atoms with Gasteiger partial charge < -0.3 is 4.98 Å². The van der Waals surface area contributed by atoms with Crippen molar-refractivity contribution in [3.8, 4) is 0 Å². The molecule has 0 saturated heterocycles. The summed E-state index contributed by atoms with van der Waals surface area (Å²) in [6, 6.07) is 0. The first kappa shape index (κ1) is 10.4. The van der Waals surface area contributed by atoms with Crippen molar-refractivity contribution >= 4 is 12.2 Å². The van der Waals surface area contributed by atoms with Gasteiger partial charge in [0.15, 0.2) is 6.29 Å². The molecule has 2 heterocycles. The van der Waals surface area contributed by atoms with Gasteiger partial charge in [-0.25, -0.2) is 4.98 Å². The van der Waals surface area contributed by atoms with Gasteiger partial charge in [0.25, 0.3) is 5.91 Å². The molecule has 82 valence electrons. The highest BCUT2D eigenvalue weighted by molar-refractivity contribution is 6.03. The standard InChI is InChI=1S/C11H11N3O2/c1-7-8(2)13-9(5-15)10(7)11(16)14-4-3-12-6-14/h3-6,13H,1-2H3. The number of aromatic nitrogens is 3. The predicted octanol–water partition coefficient (Wildman–Crippen LogP) is 1.33. The molecule has 0 aromatic carbocycles. The van der Waals surface area contributed by atoms with Crippen LogP contribution in [0.4, 0.5) is 0 Å². The molecule has 2 rings (SSSR count). The molecule has 0 spiro atoms. The molecule has 5 nitrogen and oxygen atoms in total. The molecule has 1 N–H and O–H groups in total. The van der Waals surface area contributed by atoms with E-state index in [2.05, 4.69) is 9.97 Å². The van der Waals surface area contributed by atoms with Crippen LogP contribution in [-0.2, 0) is 0 Å². The zero-order valence-electron chi connectivity index (χ0n) is 9.02. The van der Waals surface area contributed by atoms with E-state index in [4.69, 9.17) is 0 Å². The second kappa shape index (κ2) is 3.77. The molecule has 5 heteroatoms. The fourth-order valence-corrected chi connectivity index (χ4v) is 1.62. The van der Waals surface area contributed by atoms with Crippen molar-refractivity contribution in [2.24, 2.45) is 0 Å². The fraction of sp³-hybridized carbons (Fsp3) is 0.182. The zero-order chi connectivity index (χ0) is 11.7. The minimum absolute atomic E-state index is 0.249. The quantitative estimate of drug-likeness (QED) is 0.771. The van der Waals surface area contributed by atoms with Gasteiger partial charge in [-0.05, 0) is 19.4 Å². The molecule has 16 heavy (non-hydrogen) atoms. The number of nitrogens with zero attached hydrogens (tertiary/aromatic N) is 2. The van der Waals surface area contributed by atoms with E-state index in [0.29, 0.717) is 17.5 Å². The number of imidazole rings is 1. The minimum atomic E-state index is -0.249. The third-order valence-electron chi connectivity index (χ3n) is 2.60. The van der Waals surface area contributed by atoms with Crippen LogP contribution in [0.1, 0.15) is 32.1 Å². The lowest BCUT2D eigenvalue weighted by Gasteiger charge is -2.01. The van der Waals surface area contributed by atoms with Crippen LogP contribution in [0.25, 0.3) is 0 Å². The Bertz CT molecular complexity index is 538. The van der Waals surface area contributed by atoms with Crippen molar-refractivity contribution in [3.05, 3.63) is 41.2 Å². The Morgan fingerprint density at radius 2 is 2.25 bits per heavy atom. The van der Waals surface area contributed by atoms with E-state index in [0.717, 1.165) is 11.3 Å². The number of nitrogens with one attached hydrogen (secondary N) is 1. The van der Waals surface area contributed by atoms with Gasteiger partial charge in [-0.2, -0.15) is 0 Å². The smallest absolute Gasteiger partial charge is 0.265 e. The third-order valence-corrected chi connectivity index (χ3v) is 2.60. The summed E-state index contributed by atoms with van der Waals surface area (Å²) >= 11 is 0. The molecule has 2 aromatic rings. The number of hydrogen-bond donors (Lipinski definition) is 1. The van der Waals surface area contributed by atoms with Crippen LogP contribution < -0.4 is 0 Å². The molecule has 0 amide bonds. The van der Waals surface area contributed by atoms with E-state index >= 15 is 0 Å². The van der Waals surface area contributed by atoms with Gasteiger partial charge in [0.05, 0.1) is 11.3 Å². The van der Waals surface area contributed by atoms with E-state index in [1.54, 1.807) is 6.20 Å². The first-order valence-electron chi connectivity index (χ1n) is 4.82. The number of aldehydes is 1. The van der Waals surface area contributed by atoms with Crippen LogP contribution in [0.15, 0.2) is 18.7 Å². The second-order valence-electron chi connectivity index (χ2n) is 3.56. The SMILES string of the molecule is Cc1[nH]c(C=O)c(C(=O)n2ccnc2)c1C. The number of carbonyl (C=O) groups is 2. The predicted molar refractivity (Wildman–Crippen MR) is 57.6 cm³/mol. The molecule has 0 radical (unpaired) electrons.